The lowest BCUT2D eigenvalue weighted by Gasteiger charge is -2.38. The number of rotatable bonds is 5. The van der Waals surface area contributed by atoms with Crippen LogP contribution in [0.3, 0.4) is 0 Å². The van der Waals surface area contributed by atoms with E-state index in [4.69, 9.17) is 4.74 Å². The van der Waals surface area contributed by atoms with Crippen molar-refractivity contribution in [1.29, 1.82) is 0 Å². The first-order valence-electron chi connectivity index (χ1n) is 12.6. The van der Waals surface area contributed by atoms with Crippen LogP contribution in [0.4, 0.5) is 0 Å². The molecule has 0 bridgehead atoms. The molecule has 2 fully saturated rings. The highest BCUT2D eigenvalue weighted by atomic mass is 16.5. The lowest BCUT2D eigenvalue weighted by atomic mass is 9.72. The molecule has 1 N–H and O–H groups in total. The Hall–Kier alpha value is -1.81. The number of carboxylic acids is 1. The second-order valence-electron chi connectivity index (χ2n) is 11.6. The van der Waals surface area contributed by atoms with Crippen molar-refractivity contribution in [3.63, 3.8) is 0 Å². The molecule has 3 unspecified atom stereocenters. The number of piperidine rings is 1. The molecule has 3 atom stereocenters. The molecule has 1 saturated carbocycles. The van der Waals surface area contributed by atoms with Crippen molar-refractivity contribution in [2.75, 3.05) is 19.6 Å². The fraction of sp³-hybridized carbons (Fsp3) is 0.679. The average molecular weight is 440 g/mol. The summed E-state index contributed by atoms with van der Waals surface area (Å²) in [5.74, 6) is 1.75. The summed E-state index contributed by atoms with van der Waals surface area (Å²) in [6, 6.07) is 0. The van der Waals surface area contributed by atoms with E-state index in [1.807, 2.05) is 0 Å². The summed E-state index contributed by atoms with van der Waals surface area (Å²) >= 11 is 0. The van der Waals surface area contributed by atoms with Gasteiger partial charge in [-0.05, 0) is 73.1 Å². The fourth-order valence-electron chi connectivity index (χ4n) is 6.00. The van der Waals surface area contributed by atoms with Gasteiger partial charge in [0.05, 0.1) is 17.8 Å². The van der Waals surface area contributed by atoms with E-state index < -0.39 is 5.97 Å². The van der Waals surface area contributed by atoms with E-state index in [1.54, 1.807) is 0 Å². The fourth-order valence-corrected chi connectivity index (χ4v) is 6.00. The molecular weight excluding hydrogens is 398 g/mol. The lowest BCUT2D eigenvalue weighted by Crippen LogP contribution is -2.42. The maximum atomic E-state index is 11.4. The Bertz CT molecular complexity index is 820. The summed E-state index contributed by atoms with van der Waals surface area (Å²) in [5.41, 5.74) is 3.11. The minimum Gasteiger partial charge on any atom is -0.495 e. The van der Waals surface area contributed by atoms with Crippen molar-refractivity contribution in [1.82, 2.24) is 4.90 Å². The van der Waals surface area contributed by atoms with E-state index >= 15 is 0 Å². The van der Waals surface area contributed by atoms with Gasteiger partial charge in [0.1, 0.15) is 0 Å². The highest BCUT2D eigenvalue weighted by Gasteiger charge is 2.33. The van der Waals surface area contributed by atoms with Gasteiger partial charge in [0.15, 0.2) is 0 Å². The van der Waals surface area contributed by atoms with Gasteiger partial charge in [-0.25, -0.2) is 0 Å². The number of aliphatic carboxylic acids is 1. The molecule has 4 rings (SSSR count). The van der Waals surface area contributed by atoms with Crippen LogP contribution in [-0.4, -0.2) is 41.7 Å². The number of carboxylic acid groups (broad SMARTS) is 1. The summed E-state index contributed by atoms with van der Waals surface area (Å²) in [6.45, 7) is 11.8. The summed E-state index contributed by atoms with van der Waals surface area (Å²) in [6.07, 6.45) is 18.4. The van der Waals surface area contributed by atoms with E-state index in [1.165, 1.54) is 36.8 Å². The molecule has 0 radical (unpaired) electrons. The molecule has 1 aliphatic heterocycles. The topological polar surface area (TPSA) is 49.8 Å². The van der Waals surface area contributed by atoms with Crippen molar-refractivity contribution in [3.8, 4) is 0 Å². The van der Waals surface area contributed by atoms with Gasteiger partial charge in [-0.1, -0.05) is 52.0 Å². The molecule has 0 aromatic rings. The molecule has 4 aliphatic rings. The van der Waals surface area contributed by atoms with E-state index in [2.05, 4.69) is 63.0 Å². The van der Waals surface area contributed by atoms with Crippen LogP contribution in [-0.2, 0) is 9.53 Å². The molecule has 4 nitrogen and oxygen atoms in total. The molecule has 4 heteroatoms. The normalized spacial score (nSPS) is 33.6. The van der Waals surface area contributed by atoms with E-state index in [9.17, 15) is 9.90 Å². The zero-order valence-electron chi connectivity index (χ0n) is 20.3. The first-order chi connectivity index (χ1) is 15.2. The first kappa shape index (κ1) is 23.4. The second kappa shape index (κ2) is 9.59. The zero-order chi connectivity index (χ0) is 22.9. The average Bonchev–Trinajstić information content (AvgIpc) is 2.73. The van der Waals surface area contributed by atoms with E-state index in [0.29, 0.717) is 17.4 Å². The van der Waals surface area contributed by atoms with Gasteiger partial charge in [-0.2, -0.15) is 0 Å². The highest BCUT2D eigenvalue weighted by molar-refractivity contribution is 5.70. The molecule has 32 heavy (non-hydrogen) atoms. The van der Waals surface area contributed by atoms with Crippen molar-refractivity contribution in [2.45, 2.75) is 72.3 Å². The van der Waals surface area contributed by atoms with Crippen LogP contribution in [0.5, 0.6) is 0 Å². The third-order valence-corrected chi connectivity index (χ3v) is 8.14. The number of nitrogens with zero attached hydrogens (tertiary/aromatic N) is 1. The van der Waals surface area contributed by atoms with Crippen molar-refractivity contribution in [2.24, 2.45) is 29.1 Å². The maximum Gasteiger partial charge on any atom is 0.306 e. The molecule has 1 saturated heterocycles. The van der Waals surface area contributed by atoms with Crippen LogP contribution in [0, 0.1) is 29.1 Å². The van der Waals surface area contributed by atoms with Crippen molar-refractivity contribution < 1.29 is 14.6 Å². The van der Waals surface area contributed by atoms with Gasteiger partial charge in [0.25, 0.3) is 0 Å². The number of allylic oxidation sites excluding steroid dienone is 6. The van der Waals surface area contributed by atoms with Gasteiger partial charge in [0.2, 0.25) is 0 Å². The Balaban J connectivity index is 1.30. The summed E-state index contributed by atoms with van der Waals surface area (Å²) in [7, 11) is 0. The quantitative estimate of drug-likeness (QED) is 0.573. The largest absolute Gasteiger partial charge is 0.495 e. The smallest absolute Gasteiger partial charge is 0.306 e. The highest BCUT2D eigenvalue weighted by Crippen LogP contribution is 2.40. The van der Waals surface area contributed by atoms with Crippen LogP contribution in [0.15, 0.2) is 47.3 Å². The zero-order valence-corrected chi connectivity index (χ0v) is 20.3. The van der Waals surface area contributed by atoms with Crippen LogP contribution < -0.4 is 0 Å². The Labute approximate surface area is 194 Å². The van der Waals surface area contributed by atoms with Gasteiger partial charge in [-0.15, -0.1) is 0 Å². The van der Waals surface area contributed by atoms with Crippen LogP contribution in [0.25, 0.3) is 0 Å². The van der Waals surface area contributed by atoms with Crippen LogP contribution in [0.1, 0.15) is 66.2 Å². The number of hydrogen-bond acceptors (Lipinski definition) is 3. The van der Waals surface area contributed by atoms with Crippen LogP contribution >= 0.6 is 0 Å². The van der Waals surface area contributed by atoms with Crippen molar-refractivity contribution >= 4 is 5.97 Å². The van der Waals surface area contributed by atoms with E-state index in [0.717, 1.165) is 44.2 Å². The molecule has 0 aromatic heterocycles. The number of fused-ring (bicyclic) bond motifs is 1. The molecule has 0 amide bonds. The number of likely N-dealkylation sites (tertiary alicyclic amines) is 1. The number of carbonyl (C=O) groups is 1. The molecule has 3 aliphatic carbocycles. The number of ether oxygens (including phenoxy) is 1. The SMILES string of the molecule is CC1CN(CC2=CC3=CC=C(OC4CCC(C(C)(C)C)CC4)CC3C=C2)CCC1C(=O)O. The van der Waals surface area contributed by atoms with Crippen molar-refractivity contribution in [3.05, 3.63) is 47.3 Å². The summed E-state index contributed by atoms with van der Waals surface area (Å²) in [5, 5.41) is 9.35. The van der Waals surface area contributed by atoms with Crippen LogP contribution in [0.2, 0.25) is 0 Å². The predicted octanol–water partition coefficient (Wildman–Crippen LogP) is 5.98. The third-order valence-electron chi connectivity index (χ3n) is 8.14. The van der Waals surface area contributed by atoms with Gasteiger partial charge in [0, 0.05) is 25.4 Å². The van der Waals surface area contributed by atoms with Gasteiger partial charge in [-0.3, -0.25) is 9.69 Å². The Kier molecular flexibility index (Phi) is 7.00. The molecule has 0 spiro atoms. The second-order valence-corrected chi connectivity index (χ2v) is 11.6. The maximum absolute atomic E-state index is 11.4. The first-order valence-corrected chi connectivity index (χ1v) is 12.6. The molecular formula is C28H41NO3. The Morgan fingerprint density at radius 2 is 1.91 bits per heavy atom. The van der Waals surface area contributed by atoms with E-state index in [-0.39, 0.29) is 11.8 Å². The minimum atomic E-state index is -0.642. The predicted molar refractivity (Wildman–Crippen MR) is 129 cm³/mol. The monoisotopic (exact) mass is 439 g/mol. The molecule has 1 heterocycles. The number of hydrogen-bond donors (Lipinski definition) is 1. The summed E-state index contributed by atoms with van der Waals surface area (Å²) in [4.78, 5) is 13.8. The molecule has 0 aromatic carbocycles. The summed E-state index contributed by atoms with van der Waals surface area (Å²) < 4.78 is 6.44. The Morgan fingerprint density at radius 3 is 2.56 bits per heavy atom. The van der Waals surface area contributed by atoms with Gasteiger partial charge >= 0.3 is 5.97 Å². The Morgan fingerprint density at radius 1 is 1.16 bits per heavy atom. The standard InChI is InChI=1S/C28H41NO3/c1-19-17-29(14-13-26(19)27(30)31)18-20-5-6-22-16-25(10-7-21(22)15-20)32-24-11-8-23(9-12-24)28(2,3)4/h5-7,10,15,19,22-24,26H,8-9,11-14,16-18H2,1-4H3,(H,30,31). The lowest BCUT2D eigenvalue weighted by molar-refractivity contribution is -0.145. The minimum absolute atomic E-state index is 0.195. The third kappa shape index (κ3) is 5.57. The van der Waals surface area contributed by atoms with Gasteiger partial charge < -0.3 is 9.84 Å². The molecule has 176 valence electrons.